The van der Waals surface area contributed by atoms with E-state index in [4.69, 9.17) is 9.84 Å². The van der Waals surface area contributed by atoms with Gasteiger partial charge in [-0.1, -0.05) is 13.0 Å². The van der Waals surface area contributed by atoms with Crippen LogP contribution < -0.4 is 4.74 Å². The first kappa shape index (κ1) is 12.4. The molecule has 0 amide bonds. The molecule has 1 aromatic carbocycles. The number of hydrogen-bond acceptors (Lipinski definition) is 3. The molecule has 0 aliphatic carbocycles. The molecule has 88 valence electrons. The van der Waals surface area contributed by atoms with E-state index in [0.717, 1.165) is 5.56 Å². The zero-order valence-corrected chi connectivity index (χ0v) is 9.65. The fraction of sp³-hybridized carbons (Fsp3) is 0.417. The van der Waals surface area contributed by atoms with Crippen LogP contribution in [-0.4, -0.2) is 23.3 Å². The Labute approximate surface area is 94.5 Å². The highest BCUT2D eigenvalue weighted by Gasteiger charge is 2.17. The lowest BCUT2D eigenvalue weighted by Gasteiger charge is -2.13. The molecule has 0 saturated carbocycles. The van der Waals surface area contributed by atoms with Gasteiger partial charge in [0.05, 0.1) is 13.0 Å². The number of aryl methyl sites for hydroxylation is 1. The summed E-state index contributed by atoms with van der Waals surface area (Å²) in [5.41, 5.74) is 1.50. The maximum atomic E-state index is 10.8. The number of carbonyl (C=O) groups is 1. The summed E-state index contributed by atoms with van der Waals surface area (Å²) in [7, 11) is 1.47. The monoisotopic (exact) mass is 224 g/mol. The van der Waals surface area contributed by atoms with E-state index in [1.165, 1.54) is 7.11 Å². The third kappa shape index (κ3) is 2.45. The van der Waals surface area contributed by atoms with Gasteiger partial charge in [-0.15, -0.1) is 0 Å². The van der Waals surface area contributed by atoms with Gasteiger partial charge in [-0.3, -0.25) is 4.79 Å². The van der Waals surface area contributed by atoms with E-state index >= 15 is 0 Å². The Bertz CT molecular complexity index is 398. The van der Waals surface area contributed by atoms with Crippen LogP contribution in [0.3, 0.4) is 0 Å². The van der Waals surface area contributed by atoms with Crippen molar-refractivity contribution in [3.05, 3.63) is 23.3 Å². The lowest BCUT2D eigenvalue weighted by atomic mass is 9.96. The number of carboxylic acids is 1. The first-order valence-corrected chi connectivity index (χ1v) is 5.05. The van der Waals surface area contributed by atoms with Gasteiger partial charge >= 0.3 is 5.97 Å². The Morgan fingerprint density at radius 3 is 2.62 bits per heavy atom. The number of rotatable bonds is 4. The topological polar surface area (TPSA) is 66.8 Å². The Morgan fingerprint density at radius 2 is 2.12 bits per heavy atom. The second-order valence-corrected chi connectivity index (χ2v) is 3.86. The number of hydrogen-bond donors (Lipinski definition) is 2. The maximum Gasteiger partial charge on any atom is 0.306 e. The van der Waals surface area contributed by atoms with E-state index in [0.29, 0.717) is 17.7 Å². The zero-order valence-electron chi connectivity index (χ0n) is 9.65. The van der Waals surface area contributed by atoms with E-state index in [9.17, 15) is 9.90 Å². The van der Waals surface area contributed by atoms with E-state index in [1.807, 2.05) is 13.0 Å². The average molecular weight is 224 g/mol. The van der Waals surface area contributed by atoms with Gasteiger partial charge in [0.1, 0.15) is 0 Å². The van der Waals surface area contributed by atoms with Crippen molar-refractivity contribution in [2.24, 2.45) is 5.92 Å². The molecule has 0 spiro atoms. The summed E-state index contributed by atoms with van der Waals surface area (Å²) >= 11 is 0. The summed E-state index contributed by atoms with van der Waals surface area (Å²) in [5.74, 6) is -0.993. The van der Waals surface area contributed by atoms with Crippen molar-refractivity contribution >= 4 is 5.97 Å². The van der Waals surface area contributed by atoms with Crippen LogP contribution in [0.25, 0.3) is 0 Å². The van der Waals surface area contributed by atoms with Crippen molar-refractivity contribution in [2.75, 3.05) is 7.11 Å². The smallest absolute Gasteiger partial charge is 0.306 e. The molecule has 0 saturated heterocycles. The summed E-state index contributed by atoms with van der Waals surface area (Å²) in [6.07, 6.45) is 0.296. The second-order valence-electron chi connectivity index (χ2n) is 3.86. The minimum absolute atomic E-state index is 0.0376. The summed E-state index contributed by atoms with van der Waals surface area (Å²) in [4.78, 5) is 10.8. The lowest BCUT2D eigenvalue weighted by molar-refractivity contribution is -0.141. The minimum Gasteiger partial charge on any atom is -0.504 e. The Balaban J connectivity index is 3.07. The summed E-state index contributed by atoms with van der Waals surface area (Å²) in [5, 5.41) is 18.7. The molecule has 0 aliphatic rings. The van der Waals surface area contributed by atoms with Crippen LogP contribution in [0.2, 0.25) is 0 Å². The molecular weight excluding hydrogens is 208 g/mol. The number of aliphatic carboxylic acids is 1. The quantitative estimate of drug-likeness (QED) is 0.820. The molecule has 0 heterocycles. The summed E-state index contributed by atoms with van der Waals surface area (Å²) in [6.45, 7) is 3.45. The number of phenolic OH excluding ortho intramolecular Hbond substituents is 1. The molecule has 1 aromatic rings. The predicted molar refractivity (Wildman–Crippen MR) is 59.9 cm³/mol. The molecule has 4 nitrogen and oxygen atoms in total. The van der Waals surface area contributed by atoms with Crippen molar-refractivity contribution in [3.63, 3.8) is 0 Å². The molecule has 0 aliphatic heterocycles. The van der Waals surface area contributed by atoms with E-state index in [1.54, 1.807) is 13.0 Å². The first-order valence-electron chi connectivity index (χ1n) is 5.05. The van der Waals surface area contributed by atoms with Gasteiger partial charge in [-0.05, 0) is 25.0 Å². The van der Waals surface area contributed by atoms with E-state index in [2.05, 4.69) is 0 Å². The summed E-state index contributed by atoms with van der Waals surface area (Å²) in [6, 6.07) is 3.47. The normalized spacial score (nSPS) is 12.2. The average Bonchev–Trinajstić information content (AvgIpc) is 2.24. The Hall–Kier alpha value is -1.71. The molecule has 2 N–H and O–H groups in total. The standard InChI is InChI=1S/C12H16O4/c1-7-4-5-10(16-3)11(13)9(7)6-8(2)12(14)15/h4-5,8,13H,6H2,1-3H3,(H,14,15). The maximum absolute atomic E-state index is 10.8. The fourth-order valence-electron chi connectivity index (χ4n) is 1.53. The molecule has 16 heavy (non-hydrogen) atoms. The van der Waals surface area contributed by atoms with Crippen LogP contribution in [-0.2, 0) is 11.2 Å². The molecule has 0 aromatic heterocycles. The van der Waals surface area contributed by atoms with Crippen LogP contribution in [0.4, 0.5) is 0 Å². The highest BCUT2D eigenvalue weighted by atomic mass is 16.5. The van der Waals surface area contributed by atoms with Crippen LogP contribution in [0.5, 0.6) is 11.5 Å². The van der Waals surface area contributed by atoms with Crippen molar-refractivity contribution in [2.45, 2.75) is 20.3 Å². The minimum atomic E-state index is -0.874. The highest BCUT2D eigenvalue weighted by molar-refractivity contribution is 5.70. The van der Waals surface area contributed by atoms with Crippen molar-refractivity contribution in [1.82, 2.24) is 0 Å². The zero-order chi connectivity index (χ0) is 12.3. The molecule has 1 unspecified atom stereocenters. The number of methoxy groups -OCH3 is 1. The van der Waals surface area contributed by atoms with Crippen LogP contribution in [0, 0.1) is 12.8 Å². The lowest BCUT2D eigenvalue weighted by Crippen LogP contribution is -2.13. The van der Waals surface area contributed by atoms with Gasteiger partial charge in [0.15, 0.2) is 11.5 Å². The molecule has 4 heteroatoms. The van der Waals surface area contributed by atoms with Crippen LogP contribution >= 0.6 is 0 Å². The third-order valence-electron chi connectivity index (χ3n) is 2.63. The van der Waals surface area contributed by atoms with Crippen molar-refractivity contribution in [1.29, 1.82) is 0 Å². The number of benzene rings is 1. The molecule has 0 radical (unpaired) electrons. The van der Waals surface area contributed by atoms with E-state index in [-0.39, 0.29) is 5.75 Å². The van der Waals surface area contributed by atoms with Crippen LogP contribution in [0.1, 0.15) is 18.1 Å². The van der Waals surface area contributed by atoms with Crippen LogP contribution in [0.15, 0.2) is 12.1 Å². The molecular formula is C12H16O4. The SMILES string of the molecule is COc1ccc(C)c(CC(C)C(=O)O)c1O. The van der Waals surface area contributed by atoms with Gasteiger partial charge in [0.25, 0.3) is 0 Å². The molecule has 0 bridgehead atoms. The Morgan fingerprint density at radius 1 is 1.50 bits per heavy atom. The largest absolute Gasteiger partial charge is 0.504 e. The first-order chi connectivity index (χ1) is 7.47. The number of aromatic hydroxyl groups is 1. The number of ether oxygens (including phenoxy) is 1. The highest BCUT2D eigenvalue weighted by Crippen LogP contribution is 2.33. The van der Waals surface area contributed by atoms with Gasteiger partial charge in [-0.2, -0.15) is 0 Å². The second kappa shape index (κ2) is 4.88. The van der Waals surface area contributed by atoms with Gasteiger partial charge in [-0.25, -0.2) is 0 Å². The fourth-order valence-corrected chi connectivity index (χ4v) is 1.53. The van der Waals surface area contributed by atoms with Gasteiger partial charge in [0.2, 0.25) is 0 Å². The predicted octanol–water partition coefficient (Wildman–Crippen LogP) is 1.97. The third-order valence-corrected chi connectivity index (χ3v) is 2.63. The number of carboxylic acid groups (broad SMARTS) is 1. The van der Waals surface area contributed by atoms with E-state index < -0.39 is 11.9 Å². The van der Waals surface area contributed by atoms with Gasteiger partial charge < -0.3 is 14.9 Å². The van der Waals surface area contributed by atoms with Crippen molar-refractivity contribution < 1.29 is 19.7 Å². The molecule has 1 atom stereocenters. The summed E-state index contributed by atoms with van der Waals surface area (Å²) < 4.78 is 4.99. The number of phenols is 1. The van der Waals surface area contributed by atoms with Gasteiger partial charge in [0, 0.05) is 5.56 Å². The molecule has 0 fully saturated rings. The molecule has 1 rings (SSSR count). The van der Waals surface area contributed by atoms with Crippen molar-refractivity contribution in [3.8, 4) is 11.5 Å². The Kier molecular flexibility index (Phi) is 3.77.